The van der Waals surface area contributed by atoms with Gasteiger partial charge in [0.2, 0.25) is 0 Å². The van der Waals surface area contributed by atoms with Gasteiger partial charge < -0.3 is 13.3 Å². The fourth-order valence-corrected chi connectivity index (χ4v) is 3.26. The zero-order chi connectivity index (χ0) is 12.7. The first-order valence-electron chi connectivity index (χ1n) is 5.57. The van der Waals surface area contributed by atoms with Crippen molar-refractivity contribution >= 4 is 20.4 Å². The molecule has 0 radical (unpaired) electrons. The van der Waals surface area contributed by atoms with E-state index in [-0.39, 0.29) is 0 Å². The minimum Gasteiger partial charge on any atom is -0.377 e. The molecule has 17 heavy (non-hydrogen) atoms. The molecule has 1 aromatic carbocycles. The van der Waals surface area contributed by atoms with Crippen LogP contribution in [0.4, 0.5) is 0 Å². The van der Waals surface area contributed by atoms with E-state index in [4.69, 9.17) is 24.9 Å². The highest BCUT2D eigenvalue weighted by molar-refractivity contribution is 6.60. The Morgan fingerprint density at radius 3 is 2.00 bits per heavy atom. The lowest BCUT2D eigenvalue weighted by atomic mass is 10.2. The Kier molecular flexibility index (Phi) is 6.15. The molecule has 0 spiro atoms. The maximum atomic E-state index is 5.80. The van der Waals surface area contributed by atoms with E-state index >= 15 is 0 Å². The molecule has 1 aromatic rings. The molecule has 0 atom stereocenters. The van der Waals surface area contributed by atoms with Gasteiger partial charge in [0.25, 0.3) is 0 Å². The van der Waals surface area contributed by atoms with Crippen LogP contribution in [0.5, 0.6) is 0 Å². The molecular weight excluding hydrogens is 256 g/mol. The van der Waals surface area contributed by atoms with Crippen molar-refractivity contribution in [2.24, 2.45) is 0 Å². The second-order valence-corrected chi connectivity index (χ2v) is 7.13. The molecule has 0 aromatic heterocycles. The van der Waals surface area contributed by atoms with E-state index in [2.05, 4.69) is 0 Å². The zero-order valence-electron chi connectivity index (χ0n) is 10.5. The van der Waals surface area contributed by atoms with Gasteiger partial charge in [0, 0.05) is 26.1 Å². The SMILES string of the molecule is CC[Si](OC)(OC)OCc1ccc(CCl)cc1. The number of rotatable bonds is 7. The summed E-state index contributed by atoms with van der Waals surface area (Å²) in [6.07, 6.45) is 0. The van der Waals surface area contributed by atoms with Crippen molar-refractivity contribution in [1.82, 2.24) is 0 Å². The Hall–Kier alpha value is -0.393. The predicted molar refractivity (Wildman–Crippen MR) is 71.0 cm³/mol. The van der Waals surface area contributed by atoms with Gasteiger partial charge in [-0.2, -0.15) is 0 Å². The van der Waals surface area contributed by atoms with Crippen LogP contribution in [-0.4, -0.2) is 23.0 Å². The van der Waals surface area contributed by atoms with Crippen LogP contribution in [0.1, 0.15) is 18.1 Å². The Morgan fingerprint density at radius 1 is 1.06 bits per heavy atom. The van der Waals surface area contributed by atoms with E-state index in [0.29, 0.717) is 12.5 Å². The molecule has 0 fully saturated rings. The number of hydrogen-bond acceptors (Lipinski definition) is 3. The highest BCUT2D eigenvalue weighted by Gasteiger charge is 2.36. The minimum absolute atomic E-state index is 0.504. The monoisotopic (exact) mass is 274 g/mol. The first-order chi connectivity index (χ1) is 8.19. The van der Waals surface area contributed by atoms with Crippen molar-refractivity contribution in [3.63, 3.8) is 0 Å². The predicted octanol–water partition coefficient (Wildman–Crippen LogP) is 3.19. The Balaban J connectivity index is 2.59. The van der Waals surface area contributed by atoms with E-state index < -0.39 is 8.80 Å². The minimum atomic E-state index is -2.45. The van der Waals surface area contributed by atoms with Crippen molar-refractivity contribution < 1.29 is 13.3 Å². The average molecular weight is 275 g/mol. The normalized spacial score (nSPS) is 11.8. The van der Waals surface area contributed by atoms with E-state index in [1.54, 1.807) is 14.2 Å². The largest absolute Gasteiger partial charge is 0.500 e. The Labute approximate surface area is 109 Å². The fraction of sp³-hybridized carbons (Fsp3) is 0.500. The molecule has 0 aliphatic rings. The first kappa shape index (κ1) is 14.7. The molecule has 0 heterocycles. The van der Waals surface area contributed by atoms with E-state index in [1.807, 2.05) is 31.2 Å². The summed E-state index contributed by atoms with van der Waals surface area (Å²) in [4.78, 5) is 0. The molecule has 1 rings (SSSR count). The topological polar surface area (TPSA) is 27.7 Å². The maximum Gasteiger partial charge on any atom is 0.500 e. The average Bonchev–Trinajstić information content (AvgIpc) is 2.41. The lowest BCUT2D eigenvalue weighted by Gasteiger charge is -2.25. The van der Waals surface area contributed by atoms with Gasteiger partial charge in [0.15, 0.2) is 0 Å². The molecule has 96 valence electrons. The molecule has 0 aliphatic heterocycles. The lowest BCUT2D eigenvalue weighted by Crippen LogP contribution is -2.42. The van der Waals surface area contributed by atoms with Crippen LogP contribution in [0.2, 0.25) is 6.04 Å². The summed E-state index contributed by atoms with van der Waals surface area (Å²) in [6, 6.07) is 8.79. The summed E-state index contributed by atoms with van der Waals surface area (Å²) < 4.78 is 16.6. The standard InChI is InChI=1S/C12H19ClO3Si/c1-4-17(14-2,15-3)16-10-12-7-5-11(9-13)6-8-12/h5-8H,4,9-10H2,1-3H3. The molecule has 0 saturated carbocycles. The summed E-state index contributed by atoms with van der Waals surface area (Å²) in [5.74, 6) is 0.533. The number of alkyl halides is 1. The summed E-state index contributed by atoms with van der Waals surface area (Å²) in [5.41, 5.74) is 2.20. The number of halogens is 1. The van der Waals surface area contributed by atoms with Crippen LogP contribution in [0.25, 0.3) is 0 Å². The molecular formula is C12H19ClO3Si. The smallest absolute Gasteiger partial charge is 0.377 e. The van der Waals surface area contributed by atoms with Gasteiger partial charge in [-0.3, -0.25) is 0 Å². The van der Waals surface area contributed by atoms with Crippen molar-refractivity contribution in [2.45, 2.75) is 25.5 Å². The third kappa shape index (κ3) is 4.08. The van der Waals surface area contributed by atoms with Crippen molar-refractivity contribution in [3.8, 4) is 0 Å². The molecule has 5 heteroatoms. The highest BCUT2D eigenvalue weighted by atomic mass is 35.5. The van der Waals surface area contributed by atoms with E-state index in [0.717, 1.165) is 17.2 Å². The Bertz CT molecular complexity index is 317. The third-order valence-corrected chi connectivity index (χ3v) is 5.69. The molecule has 0 amide bonds. The Morgan fingerprint density at radius 2 is 1.59 bits per heavy atom. The van der Waals surface area contributed by atoms with Gasteiger partial charge in [0.05, 0.1) is 6.61 Å². The van der Waals surface area contributed by atoms with Crippen LogP contribution < -0.4 is 0 Å². The third-order valence-electron chi connectivity index (χ3n) is 2.69. The zero-order valence-corrected chi connectivity index (χ0v) is 12.3. The molecule has 0 N–H and O–H groups in total. The molecule has 0 aliphatic carbocycles. The van der Waals surface area contributed by atoms with Crippen LogP contribution >= 0.6 is 11.6 Å². The van der Waals surface area contributed by atoms with E-state index in [1.165, 1.54) is 0 Å². The van der Waals surface area contributed by atoms with Gasteiger partial charge in [-0.05, 0) is 11.1 Å². The molecule has 0 bridgehead atoms. The van der Waals surface area contributed by atoms with Crippen molar-refractivity contribution in [3.05, 3.63) is 35.4 Å². The second kappa shape index (κ2) is 7.13. The quantitative estimate of drug-likeness (QED) is 0.565. The summed E-state index contributed by atoms with van der Waals surface area (Å²) in [5, 5.41) is 0. The van der Waals surface area contributed by atoms with Crippen LogP contribution in [0.15, 0.2) is 24.3 Å². The maximum absolute atomic E-state index is 5.80. The number of benzene rings is 1. The summed E-state index contributed by atoms with van der Waals surface area (Å²) in [6.45, 7) is 2.51. The van der Waals surface area contributed by atoms with Crippen LogP contribution in [0.3, 0.4) is 0 Å². The van der Waals surface area contributed by atoms with Gasteiger partial charge >= 0.3 is 8.80 Å². The van der Waals surface area contributed by atoms with Crippen LogP contribution in [-0.2, 0) is 25.8 Å². The molecule has 0 saturated heterocycles. The van der Waals surface area contributed by atoms with Gasteiger partial charge in [-0.15, -0.1) is 11.6 Å². The lowest BCUT2D eigenvalue weighted by molar-refractivity contribution is 0.0927. The second-order valence-electron chi connectivity index (χ2n) is 3.68. The van der Waals surface area contributed by atoms with Crippen molar-refractivity contribution in [2.75, 3.05) is 14.2 Å². The van der Waals surface area contributed by atoms with Crippen molar-refractivity contribution in [1.29, 1.82) is 0 Å². The van der Waals surface area contributed by atoms with Gasteiger partial charge in [-0.1, -0.05) is 31.2 Å². The molecule has 3 nitrogen and oxygen atoms in total. The summed E-state index contributed by atoms with van der Waals surface area (Å²) in [7, 11) is 0.821. The number of hydrogen-bond donors (Lipinski definition) is 0. The van der Waals surface area contributed by atoms with E-state index in [9.17, 15) is 0 Å². The summed E-state index contributed by atoms with van der Waals surface area (Å²) >= 11 is 5.73. The fourth-order valence-electron chi connectivity index (χ4n) is 1.51. The van der Waals surface area contributed by atoms with Crippen LogP contribution in [0, 0.1) is 0 Å². The highest BCUT2D eigenvalue weighted by Crippen LogP contribution is 2.16. The molecule has 0 unspecified atom stereocenters. The van der Waals surface area contributed by atoms with Gasteiger partial charge in [-0.25, -0.2) is 0 Å². The first-order valence-corrected chi connectivity index (χ1v) is 8.04. The van der Waals surface area contributed by atoms with Gasteiger partial charge in [0.1, 0.15) is 0 Å².